The van der Waals surface area contributed by atoms with E-state index in [0.717, 1.165) is 19.3 Å². The molecular weight excluding hydrogens is 164 g/mol. The van der Waals surface area contributed by atoms with E-state index >= 15 is 0 Å². The van der Waals surface area contributed by atoms with Crippen molar-refractivity contribution < 1.29 is 9.59 Å². The van der Waals surface area contributed by atoms with Gasteiger partial charge in [0.1, 0.15) is 5.78 Å². The molecule has 0 amide bonds. The molecule has 2 rings (SSSR count). The maximum atomic E-state index is 11.5. The first-order valence-corrected chi connectivity index (χ1v) is 4.92. The van der Waals surface area contributed by atoms with Crippen molar-refractivity contribution in [1.29, 1.82) is 0 Å². The number of fused-ring (bicyclic) bond motifs is 1. The van der Waals surface area contributed by atoms with E-state index < -0.39 is 0 Å². The summed E-state index contributed by atoms with van der Waals surface area (Å²) in [6, 6.07) is 0. The van der Waals surface area contributed by atoms with E-state index in [-0.39, 0.29) is 17.5 Å². The van der Waals surface area contributed by atoms with Gasteiger partial charge in [0.25, 0.3) is 0 Å². The van der Waals surface area contributed by atoms with Crippen LogP contribution in [0.2, 0.25) is 0 Å². The van der Waals surface area contributed by atoms with Gasteiger partial charge < -0.3 is 0 Å². The van der Waals surface area contributed by atoms with Gasteiger partial charge in [-0.25, -0.2) is 0 Å². The summed E-state index contributed by atoms with van der Waals surface area (Å²) in [7, 11) is 0. The summed E-state index contributed by atoms with van der Waals surface area (Å²) in [5.74, 6) is 0.556. The van der Waals surface area contributed by atoms with Crippen LogP contribution >= 0.6 is 0 Å². The van der Waals surface area contributed by atoms with Crippen molar-refractivity contribution in [3.63, 3.8) is 0 Å². The van der Waals surface area contributed by atoms with Crippen LogP contribution in [0.1, 0.15) is 26.2 Å². The fourth-order valence-electron chi connectivity index (χ4n) is 2.71. The zero-order chi connectivity index (χ0) is 9.42. The van der Waals surface area contributed by atoms with Gasteiger partial charge in [-0.2, -0.15) is 0 Å². The van der Waals surface area contributed by atoms with Crippen LogP contribution in [0.25, 0.3) is 0 Å². The minimum absolute atomic E-state index is 0.0238. The second-order valence-corrected chi connectivity index (χ2v) is 4.11. The Balaban J connectivity index is 2.29. The average molecular weight is 178 g/mol. The number of allylic oxidation sites excluding steroid dienone is 2. The number of carbonyl (C=O) groups excluding carboxylic acids is 2. The molecule has 0 saturated heterocycles. The van der Waals surface area contributed by atoms with Crippen LogP contribution in [-0.2, 0) is 9.59 Å². The predicted octanol–water partition coefficient (Wildman–Crippen LogP) is 1.75. The van der Waals surface area contributed by atoms with Crippen LogP contribution < -0.4 is 0 Å². The lowest BCUT2D eigenvalue weighted by atomic mass is 9.75. The maximum absolute atomic E-state index is 11.5. The van der Waals surface area contributed by atoms with E-state index in [1.54, 1.807) is 6.08 Å². The fourth-order valence-corrected chi connectivity index (χ4v) is 2.71. The van der Waals surface area contributed by atoms with E-state index in [1.165, 1.54) is 6.92 Å². The van der Waals surface area contributed by atoms with Gasteiger partial charge in [0.05, 0.1) is 5.92 Å². The number of rotatable bonds is 1. The highest BCUT2D eigenvalue weighted by atomic mass is 16.1. The lowest BCUT2D eigenvalue weighted by Gasteiger charge is -2.26. The normalized spacial score (nSPS) is 37.6. The number of Topliss-reactive ketones (excluding diaryl/α,β-unsaturated/α-hetero) is 1. The third-order valence-corrected chi connectivity index (χ3v) is 3.31. The van der Waals surface area contributed by atoms with Crippen molar-refractivity contribution in [2.45, 2.75) is 26.2 Å². The molecule has 0 aromatic rings. The molecule has 0 spiro atoms. The molecule has 0 aromatic heterocycles. The first kappa shape index (κ1) is 8.67. The molecule has 2 heteroatoms. The quantitative estimate of drug-likeness (QED) is 0.573. The third kappa shape index (κ3) is 1.34. The molecule has 0 unspecified atom stereocenters. The minimum Gasteiger partial charge on any atom is -0.299 e. The Hall–Kier alpha value is -0.920. The smallest absolute Gasteiger partial charge is 0.166 e. The summed E-state index contributed by atoms with van der Waals surface area (Å²) < 4.78 is 0. The predicted molar refractivity (Wildman–Crippen MR) is 49.1 cm³/mol. The van der Waals surface area contributed by atoms with Gasteiger partial charge in [0, 0.05) is 0 Å². The number of hydrogen-bond acceptors (Lipinski definition) is 2. The molecule has 2 aliphatic rings. The van der Waals surface area contributed by atoms with Gasteiger partial charge in [-0.3, -0.25) is 9.59 Å². The Morgan fingerprint density at radius 1 is 1.46 bits per heavy atom. The maximum Gasteiger partial charge on any atom is 0.166 e. The topological polar surface area (TPSA) is 34.1 Å². The van der Waals surface area contributed by atoms with Crippen molar-refractivity contribution >= 4 is 11.6 Å². The minimum atomic E-state index is -0.322. The van der Waals surface area contributed by atoms with Gasteiger partial charge in [0.15, 0.2) is 5.78 Å². The van der Waals surface area contributed by atoms with Crippen LogP contribution in [0.4, 0.5) is 0 Å². The standard InChI is InChI=1S/C11H14O2/c1-7(12)11-9-4-2-3-8(9)5-6-10(11)13/h5-6,8-9,11H,2-4H2,1H3/t8-,9+,11-/m0/s1. The van der Waals surface area contributed by atoms with Gasteiger partial charge >= 0.3 is 0 Å². The van der Waals surface area contributed by atoms with Crippen LogP contribution in [0.5, 0.6) is 0 Å². The summed E-state index contributed by atoms with van der Waals surface area (Å²) in [6.07, 6.45) is 6.97. The molecule has 0 radical (unpaired) electrons. The number of hydrogen-bond donors (Lipinski definition) is 0. The first-order valence-electron chi connectivity index (χ1n) is 4.92. The Morgan fingerprint density at radius 3 is 2.92 bits per heavy atom. The summed E-state index contributed by atoms with van der Waals surface area (Å²) in [4.78, 5) is 22.8. The zero-order valence-electron chi connectivity index (χ0n) is 7.82. The highest BCUT2D eigenvalue weighted by Crippen LogP contribution is 2.41. The van der Waals surface area contributed by atoms with Gasteiger partial charge in [-0.15, -0.1) is 0 Å². The Kier molecular flexibility index (Phi) is 2.06. The summed E-state index contributed by atoms with van der Waals surface area (Å²) >= 11 is 0. The lowest BCUT2D eigenvalue weighted by Crippen LogP contribution is -2.33. The van der Waals surface area contributed by atoms with Crippen molar-refractivity contribution in [2.24, 2.45) is 17.8 Å². The Labute approximate surface area is 78.0 Å². The van der Waals surface area contributed by atoms with Gasteiger partial charge in [-0.05, 0) is 37.7 Å². The van der Waals surface area contributed by atoms with Crippen molar-refractivity contribution in [3.05, 3.63) is 12.2 Å². The van der Waals surface area contributed by atoms with E-state index in [9.17, 15) is 9.59 Å². The molecule has 0 N–H and O–H groups in total. The number of carbonyl (C=O) groups is 2. The third-order valence-electron chi connectivity index (χ3n) is 3.31. The van der Waals surface area contributed by atoms with Crippen molar-refractivity contribution in [1.82, 2.24) is 0 Å². The first-order chi connectivity index (χ1) is 6.20. The van der Waals surface area contributed by atoms with Crippen molar-refractivity contribution in [2.75, 3.05) is 0 Å². The molecule has 3 atom stereocenters. The molecule has 13 heavy (non-hydrogen) atoms. The van der Waals surface area contributed by atoms with E-state index in [2.05, 4.69) is 0 Å². The molecule has 70 valence electrons. The fraction of sp³-hybridized carbons (Fsp3) is 0.636. The second kappa shape index (κ2) is 3.09. The summed E-state index contributed by atoms with van der Waals surface area (Å²) in [6.45, 7) is 1.54. The van der Waals surface area contributed by atoms with Crippen LogP contribution in [0, 0.1) is 17.8 Å². The molecule has 0 aromatic carbocycles. The highest BCUT2D eigenvalue weighted by Gasteiger charge is 2.40. The summed E-state index contributed by atoms with van der Waals surface area (Å²) in [5, 5.41) is 0. The van der Waals surface area contributed by atoms with Gasteiger partial charge in [0.2, 0.25) is 0 Å². The molecule has 0 bridgehead atoms. The molecule has 2 nitrogen and oxygen atoms in total. The molecule has 0 heterocycles. The lowest BCUT2D eigenvalue weighted by molar-refractivity contribution is -0.132. The molecule has 0 aliphatic heterocycles. The van der Waals surface area contributed by atoms with Crippen molar-refractivity contribution in [3.8, 4) is 0 Å². The highest BCUT2D eigenvalue weighted by molar-refractivity contribution is 6.07. The van der Waals surface area contributed by atoms with E-state index in [1.807, 2.05) is 6.08 Å². The molecule has 1 saturated carbocycles. The summed E-state index contributed by atoms with van der Waals surface area (Å²) in [5.41, 5.74) is 0. The Bertz CT molecular complexity index is 278. The zero-order valence-corrected chi connectivity index (χ0v) is 7.82. The largest absolute Gasteiger partial charge is 0.299 e. The molecular formula is C11H14O2. The van der Waals surface area contributed by atoms with Gasteiger partial charge in [-0.1, -0.05) is 12.5 Å². The van der Waals surface area contributed by atoms with Crippen LogP contribution in [0.15, 0.2) is 12.2 Å². The van der Waals surface area contributed by atoms with Crippen LogP contribution in [-0.4, -0.2) is 11.6 Å². The second-order valence-electron chi connectivity index (χ2n) is 4.11. The van der Waals surface area contributed by atoms with Crippen LogP contribution in [0.3, 0.4) is 0 Å². The van der Waals surface area contributed by atoms with E-state index in [0.29, 0.717) is 11.8 Å². The average Bonchev–Trinajstić information content (AvgIpc) is 2.50. The number of ketones is 2. The van der Waals surface area contributed by atoms with E-state index in [4.69, 9.17) is 0 Å². The SMILES string of the molecule is CC(=O)[C@@H]1C(=O)C=C[C@@H]2CCC[C@@H]12. The molecule has 1 fully saturated rings. The Morgan fingerprint density at radius 2 is 2.23 bits per heavy atom. The monoisotopic (exact) mass is 178 g/mol. The molecule has 2 aliphatic carbocycles.